The minimum absolute atomic E-state index is 0.0318. The van der Waals surface area contributed by atoms with Crippen LogP contribution in [0.4, 0.5) is 4.39 Å². The van der Waals surface area contributed by atoms with Crippen molar-refractivity contribution in [3.63, 3.8) is 0 Å². The van der Waals surface area contributed by atoms with E-state index in [1.54, 1.807) is 6.07 Å². The van der Waals surface area contributed by atoms with E-state index in [1.165, 1.54) is 30.4 Å². The first-order valence-corrected chi connectivity index (χ1v) is 7.63. The lowest BCUT2D eigenvalue weighted by molar-refractivity contribution is -0.136. The van der Waals surface area contributed by atoms with Gasteiger partial charge >= 0.3 is 5.97 Å². The number of rotatable bonds is 5. The quantitative estimate of drug-likeness (QED) is 0.467. The number of benzene rings is 1. The molecule has 0 aliphatic heterocycles. The number of hydrogen-bond donors (Lipinski definition) is 0. The molecule has 6 heteroatoms. The minimum atomic E-state index is -0.658. The topological polar surface area (TPSA) is 48.3 Å². The molecule has 126 valence electrons. The molecule has 0 aliphatic carbocycles. The number of esters is 1. The van der Waals surface area contributed by atoms with E-state index in [0.717, 1.165) is 11.4 Å². The molecular formula is C18H17ClFNO3. The highest BCUT2D eigenvalue weighted by atomic mass is 35.5. The number of carbonyl (C=O) groups is 2. The molecule has 0 radical (unpaired) electrons. The van der Waals surface area contributed by atoms with Gasteiger partial charge in [0, 0.05) is 30.1 Å². The molecule has 1 heterocycles. The van der Waals surface area contributed by atoms with E-state index >= 15 is 0 Å². The van der Waals surface area contributed by atoms with E-state index in [0.29, 0.717) is 11.1 Å². The van der Waals surface area contributed by atoms with Crippen molar-refractivity contribution in [1.82, 2.24) is 4.57 Å². The van der Waals surface area contributed by atoms with Crippen LogP contribution in [0.25, 0.3) is 6.08 Å². The lowest BCUT2D eigenvalue weighted by atomic mass is 10.1. The van der Waals surface area contributed by atoms with E-state index in [2.05, 4.69) is 0 Å². The van der Waals surface area contributed by atoms with Crippen LogP contribution < -0.4 is 0 Å². The zero-order valence-electron chi connectivity index (χ0n) is 13.6. The Hall–Kier alpha value is -2.40. The highest BCUT2D eigenvalue weighted by molar-refractivity contribution is 6.30. The Bertz CT molecular complexity index is 824. The van der Waals surface area contributed by atoms with Crippen LogP contribution in [-0.2, 0) is 16.6 Å². The average Bonchev–Trinajstić information content (AvgIpc) is 2.81. The Morgan fingerprint density at radius 3 is 2.58 bits per heavy atom. The summed E-state index contributed by atoms with van der Waals surface area (Å²) in [4.78, 5) is 23.8. The molecule has 0 atom stereocenters. The maximum absolute atomic E-state index is 13.0. The van der Waals surface area contributed by atoms with Crippen molar-refractivity contribution in [2.75, 3.05) is 6.61 Å². The van der Waals surface area contributed by atoms with Crippen LogP contribution in [0.2, 0.25) is 5.02 Å². The fourth-order valence-electron chi connectivity index (χ4n) is 2.18. The van der Waals surface area contributed by atoms with Gasteiger partial charge in [-0.3, -0.25) is 4.79 Å². The number of ether oxygens (including phenoxy) is 1. The molecule has 0 amide bonds. The number of Topliss-reactive ketones (excluding diaryl/α,β-unsaturated/α-hetero) is 1. The summed E-state index contributed by atoms with van der Waals surface area (Å²) in [5.41, 5.74) is 2.87. The van der Waals surface area contributed by atoms with Gasteiger partial charge < -0.3 is 9.30 Å². The number of carbonyl (C=O) groups excluding carboxylic acids is 2. The first-order chi connectivity index (χ1) is 11.3. The molecule has 2 rings (SSSR count). The number of nitrogens with zero attached hydrogens (tertiary/aromatic N) is 1. The van der Waals surface area contributed by atoms with Crippen LogP contribution in [-0.4, -0.2) is 22.9 Å². The largest absolute Gasteiger partial charge is 0.454 e. The van der Waals surface area contributed by atoms with Gasteiger partial charge in [-0.15, -0.1) is 0 Å². The number of halogens is 2. The Balaban J connectivity index is 1.95. The van der Waals surface area contributed by atoms with Gasteiger partial charge in [0.1, 0.15) is 5.82 Å². The highest BCUT2D eigenvalue weighted by Gasteiger charge is 2.15. The Labute approximate surface area is 144 Å². The Morgan fingerprint density at radius 2 is 2.00 bits per heavy atom. The predicted molar refractivity (Wildman–Crippen MR) is 90.6 cm³/mol. The summed E-state index contributed by atoms with van der Waals surface area (Å²) in [6.07, 6.45) is 2.61. The molecule has 0 fully saturated rings. The van der Waals surface area contributed by atoms with Crippen LogP contribution >= 0.6 is 11.6 Å². The summed E-state index contributed by atoms with van der Waals surface area (Å²) < 4.78 is 19.9. The van der Waals surface area contributed by atoms with Crippen LogP contribution in [0.15, 0.2) is 30.3 Å². The summed E-state index contributed by atoms with van der Waals surface area (Å²) in [6.45, 7) is 3.39. The van der Waals surface area contributed by atoms with Crippen LogP contribution in [0.1, 0.15) is 27.3 Å². The summed E-state index contributed by atoms with van der Waals surface area (Å²) in [6, 6.07) is 5.84. The number of hydrogen-bond acceptors (Lipinski definition) is 3. The fourth-order valence-corrected chi connectivity index (χ4v) is 2.37. The van der Waals surface area contributed by atoms with E-state index in [1.807, 2.05) is 25.5 Å². The SMILES string of the molecule is Cc1cc(C(=O)COC(=O)/C=C/c2ccc(F)c(Cl)c2)c(C)n1C. The van der Waals surface area contributed by atoms with Crippen molar-refractivity contribution in [2.24, 2.45) is 7.05 Å². The Morgan fingerprint density at radius 1 is 1.29 bits per heavy atom. The second-order valence-corrected chi connectivity index (χ2v) is 5.79. The van der Waals surface area contributed by atoms with Crippen molar-refractivity contribution in [3.05, 3.63) is 63.7 Å². The molecule has 1 aromatic carbocycles. The molecule has 1 aromatic heterocycles. The molecule has 0 bridgehead atoms. The maximum Gasteiger partial charge on any atom is 0.331 e. The zero-order valence-corrected chi connectivity index (χ0v) is 14.4. The first-order valence-electron chi connectivity index (χ1n) is 7.25. The third-order valence-corrected chi connectivity index (χ3v) is 4.07. The standard InChI is InChI=1S/C18H17ClFNO3/c1-11-8-14(12(2)21(11)3)17(22)10-24-18(23)7-5-13-4-6-16(20)15(19)9-13/h4-9H,10H2,1-3H3/b7-5+. The van der Waals surface area contributed by atoms with Gasteiger partial charge in [0.05, 0.1) is 5.02 Å². The van der Waals surface area contributed by atoms with Crippen molar-refractivity contribution in [2.45, 2.75) is 13.8 Å². The number of aryl methyl sites for hydroxylation is 1. The summed E-state index contributed by atoms with van der Waals surface area (Å²) >= 11 is 5.66. The predicted octanol–water partition coefficient (Wildman–Crippen LogP) is 3.87. The summed E-state index contributed by atoms with van der Waals surface area (Å²) in [5.74, 6) is -1.45. The van der Waals surface area contributed by atoms with Gasteiger partial charge in [-0.1, -0.05) is 17.7 Å². The molecule has 2 aromatic rings. The maximum atomic E-state index is 13.0. The van der Waals surface area contributed by atoms with Crippen molar-refractivity contribution >= 4 is 29.4 Å². The smallest absolute Gasteiger partial charge is 0.331 e. The van der Waals surface area contributed by atoms with Gasteiger partial charge in [0.15, 0.2) is 6.61 Å². The van der Waals surface area contributed by atoms with Gasteiger partial charge in [-0.25, -0.2) is 9.18 Å². The second-order valence-electron chi connectivity index (χ2n) is 5.38. The third kappa shape index (κ3) is 4.11. The lowest BCUT2D eigenvalue weighted by Crippen LogP contribution is -2.13. The van der Waals surface area contributed by atoms with Gasteiger partial charge in [0.25, 0.3) is 0 Å². The fraction of sp³-hybridized carbons (Fsp3) is 0.222. The van der Waals surface area contributed by atoms with E-state index in [-0.39, 0.29) is 17.4 Å². The van der Waals surface area contributed by atoms with E-state index in [9.17, 15) is 14.0 Å². The summed E-state index contributed by atoms with van der Waals surface area (Å²) in [7, 11) is 1.87. The van der Waals surface area contributed by atoms with E-state index in [4.69, 9.17) is 16.3 Å². The second kappa shape index (κ2) is 7.45. The zero-order chi connectivity index (χ0) is 17.9. The highest BCUT2D eigenvalue weighted by Crippen LogP contribution is 2.17. The van der Waals surface area contributed by atoms with Crippen LogP contribution in [0.5, 0.6) is 0 Å². The lowest BCUT2D eigenvalue weighted by Gasteiger charge is -2.03. The molecule has 4 nitrogen and oxygen atoms in total. The summed E-state index contributed by atoms with van der Waals surface area (Å²) in [5, 5.41) is -0.0318. The number of aromatic nitrogens is 1. The molecule has 0 saturated heterocycles. The monoisotopic (exact) mass is 349 g/mol. The minimum Gasteiger partial charge on any atom is -0.454 e. The average molecular weight is 350 g/mol. The van der Waals surface area contributed by atoms with Crippen molar-refractivity contribution < 1.29 is 18.7 Å². The van der Waals surface area contributed by atoms with Crippen LogP contribution in [0, 0.1) is 19.7 Å². The van der Waals surface area contributed by atoms with Gasteiger partial charge in [-0.05, 0) is 43.7 Å². The van der Waals surface area contributed by atoms with Crippen LogP contribution in [0.3, 0.4) is 0 Å². The van der Waals surface area contributed by atoms with Gasteiger partial charge in [0.2, 0.25) is 5.78 Å². The molecule has 0 aliphatic rings. The van der Waals surface area contributed by atoms with Crippen molar-refractivity contribution in [3.8, 4) is 0 Å². The molecule has 0 spiro atoms. The first kappa shape index (κ1) is 17.9. The van der Waals surface area contributed by atoms with E-state index < -0.39 is 11.8 Å². The number of ketones is 1. The third-order valence-electron chi connectivity index (χ3n) is 3.78. The molecule has 0 saturated carbocycles. The van der Waals surface area contributed by atoms with Crippen molar-refractivity contribution in [1.29, 1.82) is 0 Å². The Kier molecular flexibility index (Phi) is 5.57. The normalized spacial score (nSPS) is 11.0. The molecule has 0 unspecified atom stereocenters. The molecule has 0 N–H and O–H groups in total. The molecular weight excluding hydrogens is 333 g/mol. The molecule has 24 heavy (non-hydrogen) atoms. The van der Waals surface area contributed by atoms with Gasteiger partial charge in [-0.2, -0.15) is 0 Å².